The van der Waals surface area contributed by atoms with Crippen LogP contribution in [0.2, 0.25) is 0 Å². The number of aryl methyl sites for hydroxylation is 1. The zero-order chi connectivity index (χ0) is 16.4. The van der Waals surface area contributed by atoms with Gasteiger partial charge in [-0.05, 0) is 38.0 Å². The Hall–Kier alpha value is -2.63. The number of amides is 2. The van der Waals surface area contributed by atoms with Gasteiger partial charge < -0.3 is 14.6 Å². The van der Waals surface area contributed by atoms with Crippen molar-refractivity contribution in [2.24, 2.45) is 0 Å². The van der Waals surface area contributed by atoms with Crippen LogP contribution < -0.4 is 5.32 Å². The second-order valence-corrected chi connectivity index (χ2v) is 5.72. The summed E-state index contributed by atoms with van der Waals surface area (Å²) >= 11 is 0. The van der Waals surface area contributed by atoms with Gasteiger partial charge in [0.1, 0.15) is 11.8 Å². The van der Waals surface area contributed by atoms with Crippen molar-refractivity contribution in [1.29, 1.82) is 0 Å². The molecule has 1 aliphatic heterocycles. The van der Waals surface area contributed by atoms with Crippen LogP contribution >= 0.6 is 0 Å². The average molecular weight is 313 g/mol. The van der Waals surface area contributed by atoms with Crippen molar-refractivity contribution in [3.05, 3.63) is 36.2 Å². The Morgan fingerprint density at radius 2 is 2.22 bits per heavy atom. The first-order valence-corrected chi connectivity index (χ1v) is 7.65. The summed E-state index contributed by atoms with van der Waals surface area (Å²) in [6, 6.07) is 6.95. The molecule has 0 bridgehead atoms. The first kappa shape index (κ1) is 15.3. The summed E-state index contributed by atoms with van der Waals surface area (Å²) in [5.74, 6) is 1.03. The normalized spacial score (nSPS) is 17.3. The number of aromatic nitrogens is 1. The Balaban J connectivity index is 1.75. The molecule has 1 fully saturated rings. The van der Waals surface area contributed by atoms with E-state index in [0.29, 0.717) is 24.5 Å². The molecule has 1 aromatic carbocycles. The largest absolute Gasteiger partial charge is 0.441 e. The molecule has 1 aliphatic rings. The summed E-state index contributed by atoms with van der Waals surface area (Å²) in [5.41, 5.74) is 1.46. The number of nitrogens with zero attached hydrogens (tertiary/aromatic N) is 2. The zero-order valence-electron chi connectivity index (χ0n) is 13.2. The summed E-state index contributed by atoms with van der Waals surface area (Å²) < 4.78 is 5.50. The molecule has 0 saturated carbocycles. The molecule has 2 aromatic rings. The molecule has 1 N–H and O–H groups in total. The van der Waals surface area contributed by atoms with Crippen LogP contribution in [0, 0.1) is 6.92 Å². The quantitative estimate of drug-likeness (QED) is 0.945. The van der Waals surface area contributed by atoms with Gasteiger partial charge in [-0.1, -0.05) is 6.07 Å². The monoisotopic (exact) mass is 313 g/mol. The molecular weight excluding hydrogens is 294 g/mol. The third-order valence-corrected chi connectivity index (χ3v) is 3.96. The van der Waals surface area contributed by atoms with Crippen molar-refractivity contribution in [1.82, 2.24) is 9.88 Å². The van der Waals surface area contributed by atoms with Crippen LogP contribution in [0.15, 0.2) is 34.9 Å². The Kier molecular flexibility index (Phi) is 4.14. The van der Waals surface area contributed by atoms with Gasteiger partial charge >= 0.3 is 0 Å². The van der Waals surface area contributed by atoms with E-state index in [-0.39, 0.29) is 17.9 Å². The second kappa shape index (κ2) is 6.24. The molecule has 0 aliphatic carbocycles. The number of likely N-dealkylation sites (tertiary alicyclic amines) is 1. The predicted octanol–water partition coefficient (Wildman–Crippen LogP) is 2.60. The highest BCUT2D eigenvalue weighted by molar-refractivity contribution is 5.97. The topological polar surface area (TPSA) is 75.4 Å². The predicted molar refractivity (Wildman–Crippen MR) is 85.7 cm³/mol. The van der Waals surface area contributed by atoms with E-state index in [1.165, 1.54) is 6.92 Å². The SMILES string of the molecule is CC(=O)N1CCC[C@H]1C(=O)Nc1cccc(-c2ncc(C)o2)c1. The highest BCUT2D eigenvalue weighted by atomic mass is 16.4. The molecule has 1 aromatic heterocycles. The van der Waals surface area contributed by atoms with Crippen molar-refractivity contribution in [2.75, 3.05) is 11.9 Å². The van der Waals surface area contributed by atoms with Gasteiger partial charge in [-0.3, -0.25) is 9.59 Å². The van der Waals surface area contributed by atoms with Crippen LogP contribution in [0.4, 0.5) is 5.69 Å². The van der Waals surface area contributed by atoms with Crippen molar-refractivity contribution in [2.45, 2.75) is 32.7 Å². The maximum absolute atomic E-state index is 12.4. The lowest BCUT2D eigenvalue weighted by Crippen LogP contribution is -2.42. The molecule has 1 saturated heterocycles. The maximum atomic E-state index is 12.4. The molecule has 6 heteroatoms. The van der Waals surface area contributed by atoms with Gasteiger partial charge in [-0.25, -0.2) is 4.98 Å². The summed E-state index contributed by atoms with van der Waals surface area (Å²) in [6.07, 6.45) is 3.21. The van der Waals surface area contributed by atoms with Crippen LogP contribution in [0.25, 0.3) is 11.5 Å². The molecule has 0 spiro atoms. The second-order valence-electron chi connectivity index (χ2n) is 5.72. The van der Waals surface area contributed by atoms with E-state index in [1.807, 2.05) is 31.2 Å². The minimum absolute atomic E-state index is 0.0633. The van der Waals surface area contributed by atoms with Crippen molar-refractivity contribution < 1.29 is 14.0 Å². The maximum Gasteiger partial charge on any atom is 0.247 e. The number of carbonyl (C=O) groups is 2. The standard InChI is InChI=1S/C17H19N3O3/c1-11-10-18-17(23-11)13-5-3-6-14(9-13)19-16(22)15-7-4-8-20(15)12(2)21/h3,5-6,9-10,15H,4,7-8H2,1-2H3,(H,19,22)/t15-/m0/s1. The molecule has 6 nitrogen and oxygen atoms in total. The van der Waals surface area contributed by atoms with Gasteiger partial charge in [0.15, 0.2) is 0 Å². The van der Waals surface area contributed by atoms with Gasteiger partial charge in [0.2, 0.25) is 17.7 Å². The Morgan fingerprint density at radius 1 is 1.39 bits per heavy atom. The smallest absolute Gasteiger partial charge is 0.247 e. The lowest BCUT2D eigenvalue weighted by Gasteiger charge is -2.22. The first-order valence-electron chi connectivity index (χ1n) is 7.65. The van der Waals surface area contributed by atoms with Crippen molar-refractivity contribution >= 4 is 17.5 Å². The Bertz CT molecular complexity index is 738. The van der Waals surface area contributed by atoms with Crippen molar-refractivity contribution in [3.8, 4) is 11.5 Å². The van der Waals surface area contributed by atoms with Crippen LogP contribution in [-0.2, 0) is 9.59 Å². The van der Waals surface area contributed by atoms with E-state index in [9.17, 15) is 9.59 Å². The highest BCUT2D eigenvalue weighted by Gasteiger charge is 2.32. The van der Waals surface area contributed by atoms with Gasteiger partial charge in [-0.2, -0.15) is 0 Å². The van der Waals surface area contributed by atoms with E-state index < -0.39 is 0 Å². The number of carbonyl (C=O) groups excluding carboxylic acids is 2. The molecule has 2 amide bonds. The Morgan fingerprint density at radius 3 is 2.91 bits per heavy atom. The summed E-state index contributed by atoms with van der Waals surface area (Å²) in [5, 5.41) is 2.88. The minimum Gasteiger partial charge on any atom is -0.441 e. The lowest BCUT2D eigenvalue weighted by atomic mass is 10.1. The number of benzene rings is 1. The third kappa shape index (κ3) is 3.26. The molecule has 1 atom stereocenters. The molecule has 120 valence electrons. The molecule has 2 heterocycles. The summed E-state index contributed by atoms with van der Waals surface area (Å²) in [4.78, 5) is 29.8. The van der Waals surface area contributed by atoms with E-state index >= 15 is 0 Å². The third-order valence-electron chi connectivity index (χ3n) is 3.96. The fourth-order valence-electron chi connectivity index (χ4n) is 2.86. The summed E-state index contributed by atoms with van der Waals surface area (Å²) in [6.45, 7) is 3.97. The van der Waals surface area contributed by atoms with E-state index in [0.717, 1.165) is 17.7 Å². The fourth-order valence-corrected chi connectivity index (χ4v) is 2.86. The minimum atomic E-state index is -0.389. The number of nitrogens with one attached hydrogen (secondary N) is 1. The molecule has 23 heavy (non-hydrogen) atoms. The van der Waals surface area contributed by atoms with E-state index in [1.54, 1.807) is 11.1 Å². The number of hydrogen-bond donors (Lipinski definition) is 1. The first-order chi connectivity index (χ1) is 11.0. The fraction of sp³-hybridized carbons (Fsp3) is 0.353. The lowest BCUT2D eigenvalue weighted by molar-refractivity contribution is -0.134. The molecule has 3 rings (SSSR count). The van der Waals surface area contributed by atoms with Gasteiger partial charge in [0.05, 0.1) is 6.20 Å². The van der Waals surface area contributed by atoms with Crippen LogP contribution in [0.5, 0.6) is 0 Å². The Labute approximate surface area is 134 Å². The summed E-state index contributed by atoms with van der Waals surface area (Å²) in [7, 11) is 0. The number of anilines is 1. The van der Waals surface area contributed by atoms with Crippen LogP contribution in [0.1, 0.15) is 25.5 Å². The molecular formula is C17H19N3O3. The number of hydrogen-bond acceptors (Lipinski definition) is 4. The highest BCUT2D eigenvalue weighted by Crippen LogP contribution is 2.24. The van der Waals surface area contributed by atoms with Crippen molar-refractivity contribution in [3.63, 3.8) is 0 Å². The zero-order valence-corrected chi connectivity index (χ0v) is 13.2. The number of rotatable bonds is 3. The van der Waals surface area contributed by atoms with Gasteiger partial charge in [-0.15, -0.1) is 0 Å². The van der Waals surface area contributed by atoms with Crippen LogP contribution in [0.3, 0.4) is 0 Å². The van der Waals surface area contributed by atoms with E-state index in [2.05, 4.69) is 10.3 Å². The van der Waals surface area contributed by atoms with Gasteiger partial charge in [0, 0.05) is 24.7 Å². The average Bonchev–Trinajstić information content (AvgIpc) is 3.16. The van der Waals surface area contributed by atoms with E-state index in [4.69, 9.17) is 4.42 Å². The molecule has 0 radical (unpaired) electrons. The number of oxazole rings is 1. The van der Waals surface area contributed by atoms with Gasteiger partial charge in [0.25, 0.3) is 0 Å². The molecule has 0 unspecified atom stereocenters. The van der Waals surface area contributed by atoms with Crippen LogP contribution in [-0.4, -0.2) is 34.3 Å².